The van der Waals surface area contributed by atoms with E-state index in [1.807, 2.05) is 13.8 Å². The van der Waals surface area contributed by atoms with Crippen LogP contribution in [0.3, 0.4) is 0 Å². The lowest BCUT2D eigenvalue weighted by Crippen LogP contribution is -2.08. The molecule has 1 aromatic heterocycles. The Kier molecular flexibility index (Phi) is 4.26. The predicted octanol–water partition coefficient (Wildman–Crippen LogP) is 4.27. The molecule has 20 heavy (non-hydrogen) atoms. The molecule has 0 saturated carbocycles. The molecule has 0 aliphatic heterocycles. The fourth-order valence-corrected chi connectivity index (χ4v) is 2.07. The maximum Gasteiger partial charge on any atom is 0.339 e. The van der Waals surface area contributed by atoms with Crippen LogP contribution in [-0.4, -0.2) is 21.0 Å². The summed E-state index contributed by atoms with van der Waals surface area (Å²) in [5.74, 6) is -0.628. The van der Waals surface area contributed by atoms with Crippen molar-refractivity contribution in [1.82, 2.24) is 9.97 Å². The van der Waals surface area contributed by atoms with Gasteiger partial charge in [0.2, 0.25) is 0 Å². The Morgan fingerprint density at radius 1 is 1.25 bits per heavy atom. The summed E-state index contributed by atoms with van der Waals surface area (Å²) >= 11 is 11.8. The predicted molar refractivity (Wildman–Crippen MR) is 78.5 cm³/mol. The third kappa shape index (κ3) is 2.92. The van der Waals surface area contributed by atoms with Crippen LogP contribution in [0.2, 0.25) is 10.0 Å². The quantitative estimate of drug-likeness (QED) is 0.919. The number of carboxylic acid groups (broad SMARTS) is 1. The SMILES string of the molecule is CC(C)c1nc(-c2ccc(Cl)c(Cl)c2)ncc1C(=O)O. The van der Waals surface area contributed by atoms with Crippen molar-refractivity contribution in [2.45, 2.75) is 19.8 Å². The summed E-state index contributed by atoms with van der Waals surface area (Å²) in [6.45, 7) is 3.76. The van der Waals surface area contributed by atoms with E-state index in [9.17, 15) is 4.79 Å². The van der Waals surface area contributed by atoms with Crippen LogP contribution in [0.5, 0.6) is 0 Å². The maximum absolute atomic E-state index is 11.2. The summed E-state index contributed by atoms with van der Waals surface area (Å²) in [6, 6.07) is 5.06. The Balaban J connectivity index is 2.55. The Hall–Kier alpha value is -1.65. The smallest absolute Gasteiger partial charge is 0.339 e. The summed E-state index contributed by atoms with van der Waals surface area (Å²) in [6.07, 6.45) is 1.32. The van der Waals surface area contributed by atoms with Crippen molar-refractivity contribution in [2.24, 2.45) is 0 Å². The van der Waals surface area contributed by atoms with Gasteiger partial charge in [0.1, 0.15) is 0 Å². The monoisotopic (exact) mass is 310 g/mol. The van der Waals surface area contributed by atoms with Gasteiger partial charge < -0.3 is 5.11 Å². The van der Waals surface area contributed by atoms with Gasteiger partial charge in [0.15, 0.2) is 5.82 Å². The average molecular weight is 311 g/mol. The second-order valence-electron chi connectivity index (χ2n) is 4.58. The van der Waals surface area contributed by atoms with Crippen molar-refractivity contribution in [1.29, 1.82) is 0 Å². The van der Waals surface area contributed by atoms with E-state index < -0.39 is 5.97 Å². The van der Waals surface area contributed by atoms with Crippen molar-refractivity contribution in [2.75, 3.05) is 0 Å². The van der Waals surface area contributed by atoms with Gasteiger partial charge >= 0.3 is 5.97 Å². The van der Waals surface area contributed by atoms with Gasteiger partial charge in [0.25, 0.3) is 0 Å². The van der Waals surface area contributed by atoms with Crippen LogP contribution < -0.4 is 0 Å². The number of rotatable bonds is 3. The summed E-state index contributed by atoms with van der Waals surface area (Å²) in [5, 5.41) is 9.99. The van der Waals surface area contributed by atoms with E-state index >= 15 is 0 Å². The number of halogens is 2. The highest BCUT2D eigenvalue weighted by Crippen LogP contribution is 2.28. The van der Waals surface area contributed by atoms with Crippen molar-refractivity contribution in [3.8, 4) is 11.4 Å². The highest BCUT2D eigenvalue weighted by molar-refractivity contribution is 6.42. The Morgan fingerprint density at radius 3 is 2.50 bits per heavy atom. The van der Waals surface area contributed by atoms with Crippen LogP contribution in [-0.2, 0) is 0 Å². The Bertz CT molecular complexity index is 672. The van der Waals surface area contributed by atoms with Gasteiger partial charge in [-0.15, -0.1) is 0 Å². The fraction of sp³-hybridized carbons (Fsp3) is 0.214. The first-order chi connectivity index (χ1) is 9.40. The van der Waals surface area contributed by atoms with Crippen LogP contribution in [0.1, 0.15) is 35.8 Å². The standard InChI is InChI=1S/C14H12Cl2N2O2/c1-7(2)12-9(14(19)20)6-17-13(18-12)8-3-4-10(15)11(16)5-8/h3-7H,1-2H3,(H,19,20). The molecule has 0 spiro atoms. The van der Waals surface area contributed by atoms with Crippen molar-refractivity contribution < 1.29 is 9.90 Å². The van der Waals surface area contributed by atoms with E-state index in [2.05, 4.69) is 9.97 Å². The molecule has 6 heteroatoms. The van der Waals surface area contributed by atoms with Gasteiger partial charge in [-0.2, -0.15) is 0 Å². The van der Waals surface area contributed by atoms with Gasteiger partial charge in [-0.3, -0.25) is 0 Å². The van der Waals surface area contributed by atoms with Gasteiger partial charge in [-0.1, -0.05) is 37.0 Å². The maximum atomic E-state index is 11.2. The number of benzene rings is 1. The van der Waals surface area contributed by atoms with E-state index in [1.54, 1.807) is 18.2 Å². The Morgan fingerprint density at radius 2 is 1.95 bits per heavy atom. The zero-order valence-corrected chi connectivity index (χ0v) is 12.4. The minimum absolute atomic E-state index is 0.0226. The molecular formula is C14H12Cl2N2O2. The second kappa shape index (κ2) is 5.77. The van der Waals surface area contributed by atoms with Crippen LogP contribution in [0.15, 0.2) is 24.4 Å². The summed E-state index contributed by atoms with van der Waals surface area (Å²) < 4.78 is 0. The first kappa shape index (κ1) is 14.8. The molecular weight excluding hydrogens is 299 g/mol. The third-order valence-electron chi connectivity index (χ3n) is 2.77. The fourth-order valence-electron chi connectivity index (χ4n) is 1.77. The van der Waals surface area contributed by atoms with E-state index in [4.69, 9.17) is 28.3 Å². The van der Waals surface area contributed by atoms with Crippen molar-refractivity contribution >= 4 is 29.2 Å². The number of carbonyl (C=O) groups is 1. The number of hydrogen-bond acceptors (Lipinski definition) is 3. The van der Waals surface area contributed by atoms with Crippen LogP contribution in [0.25, 0.3) is 11.4 Å². The number of carboxylic acids is 1. The highest BCUT2D eigenvalue weighted by Gasteiger charge is 2.17. The minimum Gasteiger partial charge on any atom is -0.478 e. The zero-order chi connectivity index (χ0) is 14.9. The molecule has 1 heterocycles. The first-order valence-corrected chi connectivity index (χ1v) is 6.71. The number of aromatic carboxylic acids is 1. The summed E-state index contributed by atoms with van der Waals surface area (Å²) in [5.41, 5.74) is 1.30. The van der Waals surface area contributed by atoms with Gasteiger partial charge in [0.05, 0.1) is 21.3 Å². The molecule has 1 aromatic carbocycles. The molecule has 0 radical (unpaired) electrons. The van der Waals surface area contributed by atoms with Crippen molar-refractivity contribution in [3.63, 3.8) is 0 Å². The molecule has 0 aliphatic rings. The van der Waals surface area contributed by atoms with E-state index in [0.717, 1.165) is 0 Å². The van der Waals surface area contributed by atoms with Crippen molar-refractivity contribution in [3.05, 3.63) is 45.7 Å². The number of hydrogen-bond donors (Lipinski definition) is 1. The molecule has 104 valence electrons. The lowest BCUT2D eigenvalue weighted by Gasteiger charge is -2.10. The first-order valence-electron chi connectivity index (χ1n) is 5.95. The molecule has 2 aromatic rings. The molecule has 4 nitrogen and oxygen atoms in total. The summed E-state index contributed by atoms with van der Waals surface area (Å²) in [7, 11) is 0. The average Bonchev–Trinajstić information content (AvgIpc) is 2.41. The molecule has 2 rings (SSSR count). The van der Waals surface area contributed by atoms with E-state index in [0.29, 0.717) is 27.1 Å². The topological polar surface area (TPSA) is 63.1 Å². The van der Waals surface area contributed by atoms with Crippen LogP contribution in [0, 0.1) is 0 Å². The van der Waals surface area contributed by atoms with Crippen LogP contribution >= 0.6 is 23.2 Å². The molecule has 1 N–H and O–H groups in total. The third-order valence-corrected chi connectivity index (χ3v) is 3.51. The van der Waals surface area contributed by atoms with Crippen LogP contribution in [0.4, 0.5) is 0 Å². The minimum atomic E-state index is -1.03. The lowest BCUT2D eigenvalue weighted by molar-refractivity contribution is 0.0694. The molecule has 0 bridgehead atoms. The number of aromatic nitrogens is 2. The van der Waals surface area contributed by atoms with E-state index in [-0.39, 0.29) is 11.5 Å². The van der Waals surface area contributed by atoms with Gasteiger partial charge in [0, 0.05) is 11.8 Å². The number of nitrogens with zero attached hydrogens (tertiary/aromatic N) is 2. The summed E-state index contributed by atoms with van der Waals surface area (Å²) in [4.78, 5) is 19.6. The molecule has 0 aliphatic carbocycles. The van der Waals surface area contributed by atoms with E-state index in [1.165, 1.54) is 6.20 Å². The molecule has 0 saturated heterocycles. The van der Waals surface area contributed by atoms with Gasteiger partial charge in [-0.25, -0.2) is 14.8 Å². The Labute approximate surface area is 126 Å². The molecule has 0 unspecified atom stereocenters. The highest BCUT2D eigenvalue weighted by atomic mass is 35.5. The molecule has 0 fully saturated rings. The molecule has 0 amide bonds. The van der Waals surface area contributed by atoms with Gasteiger partial charge in [-0.05, 0) is 24.1 Å². The molecule has 0 atom stereocenters. The largest absolute Gasteiger partial charge is 0.478 e. The zero-order valence-electron chi connectivity index (χ0n) is 10.9. The second-order valence-corrected chi connectivity index (χ2v) is 5.40. The lowest BCUT2D eigenvalue weighted by atomic mass is 10.0. The normalized spacial score (nSPS) is 10.8.